The number of nitriles is 2. The number of halogens is 2. The number of aromatic hydroxyl groups is 1. The summed E-state index contributed by atoms with van der Waals surface area (Å²) in [5, 5.41) is 26.9. The Labute approximate surface area is 114 Å². The van der Waals surface area contributed by atoms with Gasteiger partial charge in [-0.15, -0.1) is 0 Å². The fraction of sp³-hybridized carbons (Fsp3) is 0. The second kappa shape index (κ2) is 5.33. The molecular formula is C10H4I2N2O. The Hall–Kier alpha value is -0.800. The SMILES string of the molecule is N#CC(C#N)=Cc1cc(I)cc(I)c1O. The second-order valence-electron chi connectivity index (χ2n) is 2.61. The van der Waals surface area contributed by atoms with E-state index in [2.05, 4.69) is 22.6 Å². The van der Waals surface area contributed by atoms with Crippen LogP contribution in [-0.2, 0) is 0 Å². The fourth-order valence-electron chi connectivity index (χ4n) is 0.941. The van der Waals surface area contributed by atoms with Crippen LogP contribution in [0, 0.1) is 29.8 Å². The van der Waals surface area contributed by atoms with E-state index in [-0.39, 0.29) is 11.3 Å². The number of hydrogen-bond acceptors (Lipinski definition) is 3. The van der Waals surface area contributed by atoms with Gasteiger partial charge in [-0.3, -0.25) is 0 Å². The maximum Gasteiger partial charge on any atom is 0.136 e. The van der Waals surface area contributed by atoms with E-state index in [1.54, 1.807) is 18.2 Å². The lowest BCUT2D eigenvalue weighted by Crippen LogP contribution is -1.84. The van der Waals surface area contributed by atoms with Gasteiger partial charge in [0.15, 0.2) is 0 Å². The van der Waals surface area contributed by atoms with Crippen LogP contribution >= 0.6 is 45.2 Å². The van der Waals surface area contributed by atoms with E-state index in [4.69, 9.17) is 10.5 Å². The third kappa shape index (κ3) is 3.08. The summed E-state index contributed by atoms with van der Waals surface area (Å²) in [5.74, 6) is 0.0963. The Morgan fingerprint density at radius 3 is 2.40 bits per heavy atom. The summed E-state index contributed by atoms with van der Waals surface area (Å²) in [4.78, 5) is 0. The summed E-state index contributed by atoms with van der Waals surface area (Å²) in [7, 11) is 0. The summed E-state index contributed by atoms with van der Waals surface area (Å²) in [6.45, 7) is 0. The van der Waals surface area contributed by atoms with Crippen molar-refractivity contribution >= 4 is 51.3 Å². The van der Waals surface area contributed by atoms with Gasteiger partial charge in [-0.1, -0.05) is 0 Å². The molecule has 1 aromatic carbocycles. The van der Waals surface area contributed by atoms with E-state index in [0.717, 1.165) is 3.57 Å². The Bertz CT molecular complexity index is 493. The zero-order valence-electron chi connectivity index (χ0n) is 7.33. The lowest BCUT2D eigenvalue weighted by atomic mass is 10.1. The molecule has 0 amide bonds. The highest BCUT2D eigenvalue weighted by atomic mass is 127. The van der Waals surface area contributed by atoms with Crippen LogP contribution in [0.25, 0.3) is 6.08 Å². The predicted octanol–water partition coefficient (Wildman–Crippen LogP) is 3.03. The zero-order chi connectivity index (χ0) is 11.4. The summed E-state index contributed by atoms with van der Waals surface area (Å²) in [5.41, 5.74) is 0.465. The minimum Gasteiger partial charge on any atom is -0.506 e. The van der Waals surface area contributed by atoms with Crippen molar-refractivity contribution in [3.8, 4) is 17.9 Å². The van der Waals surface area contributed by atoms with Gasteiger partial charge in [0.1, 0.15) is 23.5 Å². The van der Waals surface area contributed by atoms with Crippen LogP contribution in [-0.4, -0.2) is 5.11 Å². The standard InChI is InChI=1S/C10H4I2N2O/c11-8-2-7(1-6(4-13)5-14)10(15)9(12)3-8/h1-3,15H. The van der Waals surface area contributed by atoms with Gasteiger partial charge in [-0.05, 0) is 63.4 Å². The smallest absolute Gasteiger partial charge is 0.136 e. The van der Waals surface area contributed by atoms with Crippen molar-refractivity contribution in [3.63, 3.8) is 0 Å². The van der Waals surface area contributed by atoms with E-state index < -0.39 is 0 Å². The van der Waals surface area contributed by atoms with Gasteiger partial charge in [-0.2, -0.15) is 10.5 Å². The molecule has 0 saturated carbocycles. The minimum atomic E-state index is -0.0249. The zero-order valence-corrected chi connectivity index (χ0v) is 11.6. The third-order valence-corrected chi connectivity index (χ3v) is 3.04. The van der Waals surface area contributed by atoms with Crippen molar-refractivity contribution in [1.29, 1.82) is 10.5 Å². The first kappa shape index (κ1) is 12.3. The summed E-state index contributed by atoms with van der Waals surface area (Å²) in [6, 6.07) is 7.03. The second-order valence-corrected chi connectivity index (χ2v) is 5.01. The van der Waals surface area contributed by atoms with Crippen LogP contribution in [0.4, 0.5) is 0 Å². The van der Waals surface area contributed by atoms with Gasteiger partial charge in [0.25, 0.3) is 0 Å². The molecule has 0 aliphatic rings. The van der Waals surface area contributed by atoms with Crippen LogP contribution in [0.3, 0.4) is 0 Å². The molecule has 0 heterocycles. The fourth-order valence-corrected chi connectivity index (χ4v) is 2.83. The molecule has 0 bridgehead atoms. The highest BCUT2D eigenvalue weighted by Crippen LogP contribution is 2.28. The third-order valence-electron chi connectivity index (χ3n) is 1.60. The first-order chi connectivity index (χ1) is 7.08. The molecule has 0 fully saturated rings. The van der Waals surface area contributed by atoms with Crippen LogP contribution in [0.2, 0.25) is 0 Å². The molecule has 5 heteroatoms. The first-order valence-corrected chi connectivity index (χ1v) is 5.94. The highest BCUT2D eigenvalue weighted by Gasteiger charge is 2.06. The first-order valence-electron chi connectivity index (χ1n) is 3.78. The topological polar surface area (TPSA) is 67.8 Å². The van der Waals surface area contributed by atoms with Crippen molar-refractivity contribution < 1.29 is 5.11 Å². The number of benzene rings is 1. The molecule has 0 unspecified atom stereocenters. The molecule has 0 saturated heterocycles. The molecule has 0 spiro atoms. The molecule has 0 aromatic heterocycles. The average Bonchev–Trinajstić information content (AvgIpc) is 2.21. The average molecular weight is 422 g/mol. The maximum absolute atomic E-state index is 9.69. The summed E-state index contributed by atoms with van der Waals surface area (Å²) < 4.78 is 1.64. The van der Waals surface area contributed by atoms with E-state index in [1.165, 1.54) is 6.08 Å². The van der Waals surface area contributed by atoms with E-state index >= 15 is 0 Å². The Balaban J connectivity index is 3.35. The monoisotopic (exact) mass is 422 g/mol. The molecule has 3 nitrogen and oxygen atoms in total. The van der Waals surface area contributed by atoms with E-state index in [0.29, 0.717) is 9.13 Å². The quantitative estimate of drug-likeness (QED) is 0.559. The number of phenolic OH excluding ortho intramolecular Hbond substituents is 1. The lowest BCUT2D eigenvalue weighted by Gasteiger charge is -2.02. The lowest BCUT2D eigenvalue weighted by molar-refractivity contribution is 0.470. The maximum atomic E-state index is 9.69. The number of phenols is 1. The number of nitrogens with zero attached hydrogens (tertiary/aromatic N) is 2. The molecule has 0 atom stereocenters. The Morgan fingerprint density at radius 1 is 1.27 bits per heavy atom. The van der Waals surface area contributed by atoms with Gasteiger partial charge in [-0.25, -0.2) is 0 Å². The van der Waals surface area contributed by atoms with Gasteiger partial charge < -0.3 is 5.11 Å². The Morgan fingerprint density at radius 2 is 1.87 bits per heavy atom. The van der Waals surface area contributed by atoms with Gasteiger partial charge in [0.05, 0.1) is 3.57 Å². The van der Waals surface area contributed by atoms with E-state index in [9.17, 15) is 5.11 Å². The van der Waals surface area contributed by atoms with Crippen molar-refractivity contribution in [2.75, 3.05) is 0 Å². The molecule has 0 aliphatic carbocycles. The molecule has 15 heavy (non-hydrogen) atoms. The molecule has 0 radical (unpaired) electrons. The predicted molar refractivity (Wildman–Crippen MR) is 72.7 cm³/mol. The normalized spacial score (nSPS) is 8.80. The van der Waals surface area contributed by atoms with Crippen LogP contribution < -0.4 is 0 Å². The van der Waals surface area contributed by atoms with Crippen LogP contribution in [0.15, 0.2) is 17.7 Å². The molecule has 1 aromatic rings. The molecule has 1 rings (SSSR count). The Kier molecular flexibility index (Phi) is 4.36. The molecule has 0 aliphatic heterocycles. The molecular weight excluding hydrogens is 418 g/mol. The number of rotatable bonds is 1. The van der Waals surface area contributed by atoms with Crippen molar-refractivity contribution in [3.05, 3.63) is 30.4 Å². The van der Waals surface area contributed by atoms with Gasteiger partial charge in [0, 0.05) is 9.13 Å². The van der Waals surface area contributed by atoms with Crippen molar-refractivity contribution in [2.45, 2.75) is 0 Å². The largest absolute Gasteiger partial charge is 0.506 e. The van der Waals surface area contributed by atoms with Gasteiger partial charge in [0.2, 0.25) is 0 Å². The molecule has 1 N–H and O–H groups in total. The van der Waals surface area contributed by atoms with Crippen LogP contribution in [0.1, 0.15) is 5.56 Å². The van der Waals surface area contributed by atoms with Crippen molar-refractivity contribution in [2.24, 2.45) is 0 Å². The number of hydrogen-bond donors (Lipinski definition) is 1. The van der Waals surface area contributed by atoms with Crippen LogP contribution in [0.5, 0.6) is 5.75 Å². The minimum absolute atomic E-state index is 0.0249. The number of allylic oxidation sites excluding steroid dienone is 1. The van der Waals surface area contributed by atoms with E-state index in [1.807, 2.05) is 28.7 Å². The molecule has 74 valence electrons. The summed E-state index contributed by atoms with van der Waals surface area (Å²) in [6.07, 6.45) is 1.37. The summed E-state index contributed by atoms with van der Waals surface area (Å²) >= 11 is 4.10. The van der Waals surface area contributed by atoms with Crippen molar-refractivity contribution in [1.82, 2.24) is 0 Å². The van der Waals surface area contributed by atoms with Gasteiger partial charge >= 0.3 is 0 Å². The highest BCUT2D eigenvalue weighted by molar-refractivity contribution is 14.1.